The Labute approximate surface area is 165 Å². The van der Waals surface area contributed by atoms with Gasteiger partial charge in [-0.05, 0) is 67.3 Å². The van der Waals surface area contributed by atoms with Crippen LogP contribution in [0.4, 0.5) is 0 Å². The van der Waals surface area contributed by atoms with E-state index in [9.17, 15) is 15.3 Å². The van der Waals surface area contributed by atoms with E-state index in [2.05, 4.69) is 6.92 Å². The van der Waals surface area contributed by atoms with E-state index in [-0.39, 0.29) is 11.7 Å². The Bertz CT molecular complexity index is 850. The number of alkyl halides is 1. The number of aliphatic hydroxyl groups is 2. The first-order chi connectivity index (χ1) is 12.8. The summed E-state index contributed by atoms with van der Waals surface area (Å²) >= 11 is 7.07. The number of fused-ring (bicyclic) bond motifs is 3. The second-order valence-electron chi connectivity index (χ2n) is 8.41. The molecule has 5 atom stereocenters. The van der Waals surface area contributed by atoms with Crippen molar-refractivity contribution in [2.24, 2.45) is 5.92 Å². The minimum Gasteiger partial charge on any atom is -0.508 e. The molecule has 1 saturated carbocycles. The van der Waals surface area contributed by atoms with Gasteiger partial charge in [-0.15, -0.1) is 11.6 Å². The number of halogens is 1. The molecule has 0 spiro atoms. The summed E-state index contributed by atoms with van der Waals surface area (Å²) < 4.78 is 0. The van der Waals surface area contributed by atoms with Crippen molar-refractivity contribution in [3.8, 4) is 5.75 Å². The summed E-state index contributed by atoms with van der Waals surface area (Å²) in [6.45, 7) is 3.77. The largest absolute Gasteiger partial charge is 0.508 e. The van der Waals surface area contributed by atoms with Gasteiger partial charge in [0.05, 0.1) is 5.38 Å². The molecule has 0 amide bonds. The number of benzene rings is 2. The van der Waals surface area contributed by atoms with Crippen molar-refractivity contribution in [1.29, 1.82) is 0 Å². The predicted octanol–water partition coefficient (Wildman–Crippen LogP) is 4.25. The zero-order valence-corrected chi connectivity index (χ0v) is 16.6. The molecule has 4 heteroatoms. The average molecular weight is 387 g/mol. The van der Waals surface area contributed by atoms with Gasteiger partial charge in [0.15, 0.2) is 0 Å². The van der Waals surface area contributed by atoms with Crippen LogP contribution in [0.15, 0.2) is 48.5 Å². The molecule has 0 aromatic heterocycles. The summed E-state index contributed by atoms with van der Waals surface area (Å²) in [5.74, 6) is 0.403. The number of rotatable bonds is 2. The van der Waals surface area contributed by atoms with Gasteiger partial charge in [-0.2, -0.15) is 0 Å². The third kappa shape index (κ3) is 2.41. The lowest BCUT2D eigenvalue weighted by Gasteiger charge is -2.61. The lowest BCUT2D eigenvalue weighted by Crippen LogP contribution is -2.69. The molecule has 2 aliphatic carbocycles. The topological polar surface area (TPSA) is 60.7 Å². The minimum absolute atomic E-state index is 0.146. The SMILES string of the molecule is CCC12c3ccc(O)cc3CCC1CC(O)(c1ccccc1)C(C)(O)C2Cl. The third-order valence-electron chi connectivity index (χ3n) is 7.24. The number of aromatic hydroxyl groups is 1. The summed E-state index contributed by atoms with van der Waals surface area (Å²) in [5.41, 5.74) is -0.434. The van der Waals surface area contributed by atoms with Crippen LogP contribution in [-0.2, 0) is 17.4 Å². The summed E-state index contributed by atoms with van der Waals surface area (Å²) in [6, 6.07) is 14.9. The van der Waals surface area contributed by atoms with Gasteiger partial charge in [0.2, 0.25) is 0 Å². The van der Waals surface area contributed by atoms with E-state index in [0.29, 0.717) is 12.0 Å². The van der Waals surface area contributed by atoms with Crippen molar-refractivity contribution in [3.63, 3.8) is 0 Å². The highest BCUT2D eigenvalue weighted by Crippen LogP contribution is 2.61. The van der Waals surface area contributed by atoms with Crippen LogP contribution in [0.5, 0.6) is 5.75 Å². The molecule has 2 aromatic rings. The Morgan fingerprint density at radius 1 is 1.11 bits per heavy atom. The predicted molar refractivity (Wildman–Crippen MR) is 107 cm³/mol. The zero-order valence-electron chi connectivity index (χ0n) is 15.8. The molecule has 1 fully saturated rings. The van der Waals surface area contributed by atoms with Crippen LogP contribution in [0.25, 0.3) is 0 Å². The average Bonchev–Trinajstić information content (AvgIpc) is 2.67. The number of phenols is 1. The molecule has 27 heavy (non-hydrogen) atoms. The molecule has 3 N–H and O–H groups in total. The molecule has 0 radical (unpaired) electrons. The first-order valence-electron chi connectivity index (χ1n) is 9.74. The van der Waals surface area contributed by atoms with Crippen LogP contribution in [0.2, 0.25) is 0 Å². The van der Waals surface area contributed by atoms with Gasteiger partial charge in [0, 0.05) is 5.41 Å². The van der Waals surface area contributed by atoms with Crippen LogP contribution in [0.3, 0.4) is 0 Å². The first kappa shape index (κ1) is 18.8. The second-order valence-corrected chi connectivity index (χ2v) is 8.85. The molecule has 144 valence electrons. The fourth-order valence-electron chi connectivity index (χ4n) is 5.73. The standard InChI is InChI=1S/C23H27ClO3/c1-3-22-17(10-9-15-13-18(25)11-12-19(15)22)14-23(27,21(2,26)20(22)24)16-7-5-4-6-8-16/h4-8,11-13,17,20,25-27H,3,9-10,14H2,1-2H3. The Morgan fingerprint density at radius 2 is 1.81 bits per heavy atom. The lowest BCUT2D eigenvalue weighted by molar-refractivity contribution is -0.201. The van der Waals surface area contributed by atoms with Crippen molar-refractivity contribution < 1.29 is 15.3 Å². The maximum absolute atomic E-state index is 11.7. The van der Waals surface area contributed by atoms with Gasteiger partial charge in [0.25, 0.3) is 0 Å². The van der Waals surface area contributed by atoms with E-state index in [0.717, 1.165) is 30.4 Å². The first-order valence-corrected chi connectivity index (χ1v) is 10.2. The van der Waals surface area contributed by atoms with Gasteiger partial charge < -0.3 is 15.3 Å². The summed E-state index contributed by atoms with van der Waals surface area (Å²) in [5, 5.41) is 32.6. The number of phenolic OH excluding ortho intramolecular Hbond substituents is 1. The highest BCUT2D eigenvalue weighted by Gasteiger charge is 2.66. The van der Waals surface area contributed by atoms with Crippen LogP contribution in [-0.4, -0.2) is 26.3 Å². The van der Waals surface area contributed by atoms with Crippen molar-refractivity contribution in [1.82, 2.24) is 0 Å². The van der Waals surface area contributed by atoms with E-state index < -0.39 is 22.0 Å². The Hall–Kier alpha value is -1.55. The summed E-state index contributed by atoms with van der Waals surface area (Å²) in [4.78, 5) is 0. The van der Waals surface area contributed by atoms with Crippen LogP contribution >= 0.6 is 11.6 Å². The third-order valence-corrected chi connectivity index (χ3v) is 8.06. The fraction of sp³-hybridized carbons (Fsp3) is 0.478. The van der Waals surface area contributed by atoms with Crippen LogP contribution < -0.4 is 0 Å². The van der Waals surface area contributed by atoms with Crippen molar-refractivity contribution >= 4 is 11.6 Å². The van der Waals surface area contributed by atoms with E-state index in [1.165, 1.54) is 0 Å². The van der Waals surface area contributed by atoms with Gasteiger partial charge >= 0.3 is 0 Å². The van der Waals surface area contributed by atoms with Gasteiger partial charge in [0.1, 0.15) is 17.0 Å². The maximum atomic E-state index is 11.7. The Balaban J connectivity index is 1.89. The highest BCUT2D eigenvalue weighted by molar-refractivity contribution is 6.22. The number of hydrogen-bond acceptors (Lipinski definition) is 3. The molecule has 2 aromatic carbocycles. The molecule has 0 bridgehead atoms. The molecular formula is C23H27ClO3. The van der Waals surface area contributed by atoms with Crippen molar-refractivity contribution in [3.05, 3.63) is 65.2 Å². The molecule has 0 heterocycles. The normalized spacial score (nSPS) is 38.1. The molecule has 5 unspecified atom stereocenters. The highest BCUT2D eigenvalue weighted by atomic mass is 35.5. The monoisotopic (exact) mass is 386 g/mol. The minimum atomic E-state index is -1.51. The number of aryl methyl sites for hydroxylation is 1. The van der Waals surface area contributed by atoms with Gasteiger partial charge in [-0.1, -0.05) is 43.3 Å². The Kier molecular flexibility index (Phi) is 4.34. The van der Waals surface area contributed by atoms with E-state index >= 15 is 0 Å². The Morgan fingerprint density at radius 3 is 2.48 bits per heavy atom. The molecule has 0 saturated heterocycles. The molecule has 2 aliphatic rings. The van der Waals surface area contributed by atoms with Crippen molar-refractivity contribution in [2.45, 2.75) is 61.5 Å². The molecular weight excluding hydrogens is 360 g/mol. The quantitative estimate of drug-likeness (QED) is 0.676. The number of hydrogen-bond donors (Lipinski definition) is 3. The van der Waals surface area contributed by atoms with Gasteiger partial charge in [-0.3, -0.25) is 0 Å². The molecule has 4 rings (SSSR count). The molecule has 0 aliphatic heterocycles. The smallest absolute Gasteiger partial charge is 0.120 e. The van der Waals surface area contributed by atoms with Crippen molar-refractivity contribution in [2.75, 3.05) is 0 Å². The van der Waals surface area contributed by atoms with Crippen LogP contribution in [0, 0.1) is 5.92 Å². The van der Waals surface area contributed by atoms with E-state index in [4.69, 9.17) is 11.6 Å². The van der Waals surface area contributed by atoms with Crippen LogP contribution in [0.1, 0.15) is 49.8 Å². The van der Waals surface area contributed by atoms with E-state index in [1.807, 2.05) is 42.5 Å². The second kappa shape index (κ2) is 6.23. The fourth-order valence-corrected chi connectivity index (χ4v) is 6.36. The van der Waals surface area contributed by atoms with E-state index in [1.54, 1.807) is 13.0 Å². The summed E-state index contributed by atoms with van der Waals surface area (Å²) in [6.07, 6.45) is 2.94. The van der Waals surface area contributed by atoms with Gasteiger partial charge in [-0.25, -0.2) is 0 Å². The zero-order chi connectivity index (χ0) is 19.4. The summed E-state index contributed by atoms with van der Waals surface area (Å²) in [7, 11) is 0. The lowest BCUT2D eigenvalue weighted by atomic mass is 9.48. The maximum Gasteiger partial charge on any atom is 0.120 e. The molecule has 3 nitrogen and oxygen atoms in total.